The van der Waals surface area contributed by atoms with E-state index in [1.165, 1.54) is 0 Å². The average molecular weight is 267 g/mol. The molecule has 1 N–H and O–H groups in total. The molecule has 0 radical (unpaired) electrons. The van der Waals surface area contributed by atoms with Gasteiger partial charge in [0.15, 0.2) is 5.78 Å². The van der Waals surface area contributed by atoms with Gasteiger partial charge in [0, 0.05) is 16.8 Å². The van der Waals surface area contributed by atoms with Crippen LogP contribution >= 0.6 is 0 Å². The van der Waals surface area contributed by atoms with Crippen molar-refractivity contribution in [1.29, 1.82) is 0 Å². The molecule has 20 heavy (non-hydrogen) atoms. The minimum absolute atomic E-state index is 0.0641. The second-order valence-corrected chi connectivity index (χ2v) is 3.97. The molecule has 4 heteroatoms. The van der Waals surface area contributed by atoms with Gasteiger partial charge >= 0.3 is 6.09 Å². The summed E-state index contributed by atoms with van der Waals surface area (Å²) in [7, 11) is 0. The Hall–Kier alpha value is -2.88. The lowest BCUT2D eigenvalue weighted by Crippen LogP contribution is -2.10. The molecule has 0 atom stereocenters. The molecule has 4 nitrogen and oxygen atoms in total. The van der Waals surface area contributed by atoms with E-state index in [-0.39, 0.29) is 5.78 Å². The van der Waals surface area contributed by atoms with Gasteiger partial charge in [-0.25, -0.2) is 4.79 Å². The van der Waals surface area contributed by atoms with Crippen molar-refractivity contribution in [3.8, 4) is 0 Å². The van der Waals surface area contributed by atoms with Crippen molar-refractivity contribution in [2.24, 2.45) is 0 Å². The van der Waals surface area contributed by atoms with E-state index in [0.29, 0.717) is 16.8 Å². The molecule has 0 saturated carbocycles. The zero-order valence-corrected chi connectivity index (χ0v) is 10.7. The number of carbonyl (C=O) groups is 2. The number of ether oxygens (including phenoxy) is 1. The third-order valence-corrected chi connectivity index (χ3v) is 2.62. The summed E-state index contributed by atoms with van der Waals surface area (Å²) in [4.78, 5) is 23.3. The summed E-state index contributed by atoms with van der Waals surface area (Å²) in [6.07, 6.45) is 0.421. The van der Waals surface area contributed by atoms with Crippen molar-refractivity contribution in [2.45, 2.75) is 0 Å². The molecule has 0 aliphatic rings. The Kier molecular flexibility index (Phi) is 4.29. The molecule has 2 rings (SSSR count). The van der Waals surface area contributed by atoms with Gasteiger partial charge in [-0.3, -0.25) is 10.1 Å². The van der Waals surface area contributed by atoms with Gasteiger partial charge in [0.05, 0.1) is 6.26 Å². The number of anilines is 1. The number of hydrogen-bond acceptors (Lipinski definition) is 3. The lowest BCUT2D eigenvalue weighted by Gasteiger charge is -2.05. The van der Waals surface area contributed by atoms with Gasteiger partial charge in [-0.1, -0.05) is 36.9 Å². The Morgan fingerprint density at radius 1 is 0.950 bits per heavy atom. The predicted molar refractivity (Wildman–Crippen MR) is 76.6 cm³/mol. The maximum Gasteiger partial charge on any atom is 0.416 e. The van der Waals surface area contributed by atoms with Crippen LogP contribution in [0.4, 0.5) is 10.5 Å². The van der Waals surface area contributed by atoms with Crippen LogP contribution in [0.2, 0.25) is 0 Å². The maximum atomic E-state index is 12.2. The summed E-state index contributed by atoms with van der Waals surface area (Å²) in [6.45, 7) is 3.29. The van der Waals surface area contributed by atoms with Crippen LogP contribution in [-0.4, -0.2) is 11.9 Å². The van der Waals surface area contributed by atoms with E-state index in [1.54, 1.807) is 36.4 Å². The number of carbonyl (C=O) groups excluding carboxylic acids is 2. The fourth-order valence-electron chi connectivity index (χ4n) is 1.68. The summed E-state index contributed by atoms with van der Waals surface area (Å²) < 4.78 is 4.54. The topological polar surface area (TPSA) is 55.4 Å². The molecule has 2 aromatic carbocycles. The van der Waals surface area contributed by atoms with Crippen molar-refractivity contribution in [2.75, 3.05) is 5.32 Å². The number of nitrogens with one attached hydrogen (secondary N) is 1. The Morgan fingerprint density at radius 2 is 1.55 bits per heavy atom. The van der Waals surface area contributed by atoms with E-state index in [9.17, 15) is 9.59 Å². The van der Waals surface area contributed by atoms with Crippen LogP contribution in [0.25, 0.3) is 0 Å². The van der Waals surface area contributed by atoms with Crippen LogP contribution in [-0.2, 0) is 4.74 Å². The predicted octanol–water partition coefficient (Wildman–Crippen LogP) is 3.61. The molecule has 0 saturated heterocycles. The minimum atomic E-state index is -0.623. The number of rotatable bonds is 4. The van der Waals surface area contributed by atoms with Gasteiger partial charge in [0.2, 0.25) is 0 Å². The van der Waals surface area contributed by atoms with Crippen molar-refractivity contribution in [1.82, 2.24) is 0 Å². The largest absolute Gasteiger partial charge is 0.419 e. The standard InChI is InChI=1S/C16H13NO3/c1-2-20-16(19)17-14-10-8-13(9-11-14)15(18)12-6-4-3-5-7-12/h2-11H,1H2,(H,17,19). The molecule has 2 aromatic rings. The molecule has 0 bridgehead atoms. The van der Waals surface area contributed by atoms with Crippen LogP contribution in [0.1, 0.15) is 15.9 Å². The smallest absolute Gasteiger partial charge is 0.416 e. The monoisotopic (exact) mass is 267 g/mol. The normalized spacial score (nSPS) is 9.60. The number of amides is 1. The molecule has 0 spiro atoms. The third kappa shape index (κ3) is 3.32. The van der Waals surface area contributed by atoms with Crippen LogP contribution in [0, 0.1) is 0 Å². The van der Waals surface area contributed by atoms with Crippen molar-refractivity contribution in [3.05, 3.63) is 78.6 Å². The Labute approximate surface area is 116 Å². The van der Waals surface area contributed by atoms with Crippen LogP contribution in [0.5, 0.6) is 0 Å². The van der Waals surface area contributed by atoms with Crippen LogP contribution in [0.3, 0.4) is 0 Å². The van der Waals surface area contributed by atoms with Gasteiger partial charge in [0.1, 0.15) is 0 Å². The summed E-state index contributed by atoms with van der Waals surface area (Å²) in [5.41, 5.74) is 1.72. The molecule has 0 aromatic heterocycles. The quantitative estimate of drug-likeness (QED) is 0.680. The highest BCUT2D eigenvalue weighted by Crippen LogP contribution is 2.14. The summed E-state index contributed by atoms with van der Waals surface area (Å²) in [5, 5.41) is 2.51. The molecule has 0 unspecified atom stereocenters. The minimum Gasteiger partial charge on any atom is -0.419 e. The lowest BCUT2D eigenvalue weighted by molar-refractivity contribution is 0.103. The highest BCUT2D eigenvalue weighted by molar-refractivity contribution is 6.09. The van der Waals surface area contributed by atoms with E-state index in [0.717, 1.165) is 6.26 Å². The van der Waals surface area contributed by atoms with Gasteiger partial charge in [0.25, 0.3) is 0 Å². The summed E-state index contributed by atoms with van der Waals surface area (Å²) in [6, 6.07) is 15.6. The number of hydrogen-bond donors (Lipinski definition) is 1. The zero-order valence-electron chi connectivity index (χ0n) is 10.7. The lowest BCUT2D eigenvalue weighted by atomic mass is 10.0. The molecular formula is C16H13NO3. The number of benzene rings is 2. The fraction of sp³-hybridized carbons (Fsp3) is 0. The average Bonchev–Trinajstić information content (AvgIpc) is 2.48. The zero-order chi connectivity index (χ0) is 14.4. The van der Waals surface area contributed by atoms with E-state index in [2.05, 4.69) is 16.6 Å². The van der Waals surface area contributed by atoms with Crippen LogP contribution < -0.4 is 5.32 Å². The first-order chi connectivity index (χ1) is 9.70. The van der Waals surface area contributed by atoms with E-state index >= 15 is 0 Å². The summed E-state index contributed by atoms with van der Waals surface area (Å²) in [5.74, 6) is -0.0641. The van der Waals surface area contributed by atoms with Crippen molar-refractivity contribution >= 4 is 17.6 Å². The molecule has 0 aliphatic carbocycles. The first-order valence-electron chi connectivity index (χ1n) is 5.99. The number of ketones is 1. The molecule has 0 fully saturated rings. The molecule has 100 valence electrons. The van der Waals surface area contributed by atoms with Gasteiger partial charge < -0.3 is 4.74 Å². The second-order valence-electron chi connectivity index (χ2n) is 3.97. The Morgan fingerprint density at radius 3 is 2.15 bits per heavy atom. The second kappa shape index (κ2) is 6.33. The van der Waals surface area contributed by atoms with Crippen molar-refractivity contribution < 1.29 is 14.3 Å². The molecule has 1 amide bonds. The van der Waals surface area contributed by atoms with E-state index in [1.807, 2.05) is 18.2 Å². The van der Waals surface area contributed by atoms with Gasteiger partial charge in [-0.2, -0.15) is 0 Å². The summed E-state index contributed by atoms with van der Waals surface area (Å²) >= 11 is 0. The van der Waals surface area contributed by atoms with Crippen LogP contribution in [0.15, 0.2) is 67.4 Å². The third-order valence-electron chi connectivity index (χ3n) is 2.62. The Bertz CT molecular complexity index is 618. The molecule has 0 aliphatic heterocycles. The molecular weight excluding hydrogens is 254 g/mol. The highest BCUT2D eigenvalue weighted by atomic mass is 16.5. The SMILES string of the molecule is C=COC(=O)Nc1ccc(C(=O)c2ccccc2)cc1. The first-order valence-corrected chi connectivity index (χ1v) is 5.99. The fourth-order valence-corrected chi connectivity index (χ4v) is 1.68. The maximum absolute atomic E-state index is 12.2. The first kappa shape index (κ1) is 13.5. The van der Waals surface area contributed by atoms with E-state index in [4.69, 9.17) is 0 Å². The van der Waals surface area contributed by atoms with E-state index < -0.39 is 6.09 Å². The highest BCUT2D eigenvalue weighted by Gasteiger charge is 2.08. The Balaban J connectivity index is 2.10. The van der Waals surface area contributed by atoms with Gasteiger partial charge in [-0.15, -0.1) is 0 Å². The van der Waals surface area contributed by atoms with Crippen molar-refractivity contribution in [3.63, 3.8) is 0 Å². The van der Waals surface area contributed by atoms with Gasteiger partial charge in [-0.05, 0) is 24.3 Å². The molecule has 0 heterocycles.